The average Bonchev–Trinajstić information content (AvgIpc) is 3.99. The predicted molar refractivity (Wildman–Crippen MR) is 214 cm³/mol. The molecular formula is C42H30F8N6O8S2. The topological polar surface area (TPSA) is 136 Å². The molecule has 14 nitrogen and oxygen atoms in total. The Balaban J connectivity index is 0.000000196. The summed E-state index contributed by atoms with van der Waals surface area (Å²) in [4.78, 5) is 10.9. The molecule has 4 aliphatic rings. The number of alkyl halides is 6. The maximum atomic E-state index is 14.0. The minimum Gasteiger partial charge on any atom is -0.486 e. The number of rotatable bonds is 8. The Hall–Kier alpha value is -6.38. The number of halogens is 8. The summed E-state index contributed by atoms with van der Waals surface area (Å²) in [6.45, 7) is 30.8. The van der Waals surface area contributed by atoms with E-state index in [1.54, 1.807) is 13.8 Å². The second kappa shape index (κ2) is 16.8. The molecule has 344 valence electrons. The Morgan fingerprint density at radius 2 is 0.909 bits per heavy atom. The molecule has 4 saturated heterocycles. The van der Waals surface area contributed by atoms with Crippen LogP contribution in [0.25, 0.3) is 19.4 Å². The second-order valence-electron chi connectivity index (χ2n) is 15.3. The molecule has 24 heteroatoms. The van der Waals surface area contributed by atoms with Crippen molar-refractivity contribution in [3.8, 4) is 11.5 Å². The lowest BCUT2D eigenvalue weighted by Crippen LogP contribution is -2.35. The lowest BCUT2D eigenvalue weighted by molar-refractivity contribution is -0.138. The summed E-state index contributed by atoms with van der Waals surface area (Å²) in [6.07, 6.45) is -11.9. The van der Waals surface area contributed by atoms with Gasteiger partial charge in [0.2, 0.25) is 42.8 Å². The molecule has 4 aliphatic heterocycles. The highest BCUT2D eigenvalue weighted by Gasteiger charge is 2.68. The highest BCUT2D eigenvalue weighted by molar-refractivity contribution is 7.89. The van der Waals surface area contributed by atoms with E-state index >= 15 is 0 Å². The van der Waals surface area contributed by atoms with Gasteiger partial charge in [-0.3, -0.25) is 0 Å². The van der Waals surface area contributed by atoms with E-state index < -0.39 is 99.7 Å². The lowest BCUT2D eigenvalue weighted by atomic mass is 10.0. The molecule has 0 amide bonds. The molecule has 0 N–H and O–H groups in total. The fourth-order valence-corrected chi connectivity index (χ4v) is 10.9. The molecule has 0 aromatic heterocycles. The number of nitrogens with zero attached hydrogens (tertiary/aromatic N) is 6. The molecule has 0 radical (unpaired) electrons. The summed E-state index contributed by atoms with van der Waals surface area (Å²) in [5, 5.41) is 0. The minimum absolute atomic E-state index is 0.0719. The number of epoxide rings is 2. The zero-order chi connectivity index (χ0) is 48.4. The maximum absolute atomic E-state index is 14.0. The first kappa shape index (κ1) is 47.6. The number of sulfonamides is 2. The summed E-state index contributed by atoms with van der Waals surface area (Å²) >= 11 is 0. The van der Waals surface area contributed by atoms with Gasteiger partial charge in [-0.2, -0.15) is 35.0 Å². The van der Waals surface area contributed by atoms with Crippen LogP contribution in [0.1, 0.15) is 25.0 Å². The van der Waals surface area contributed by atoms with Crippen LogP contribution in [-0.2, 0) is 41.9 Å². The molecule has 66 heavy (non-hydrogen) atoms. The van der Waals surface area contributed by atoms with Crippen molar-refractivity contribution >= 4 is 42.8 Å². The molecular weight excluding hydrogens is 933 g/mol. The van der Waals surface area contributed by atoms with Crippen LogP contribution >= 0.6 is 0 Å². The minimum atomic E-state index is -4.73. The van der Waals surface area contributed by atoms with Crippen LogP contribution < -0.4 is 9.47 Å². The summed E-state index contributed by atoms with van der Waals surface area (Å²) < 4.78 is 184. The zero-order valence-electron chi connectivity index (χ0n) is 33.9. The van der Waals surface area contributed by atoms with Crippen LogP contribution in [0.3, 0.4) is 0 Å². The molecule has 4 aromatic rings. The van der Waals surface area contributed by atoms with E-state index in [0.29, 0.717) is 24.3 Å². The first-order valence-electron chi connectivity index (χ1n) is 19.1. The molecule has 6 atom stereocenters. The van der Waals surface area contributed by atoms with E-state index in [1.165, 1.54) is 24.3 Å². The average molecular weight is 963 g/mol. The largest absolute Gasteiger partial charge is 0.486 e. The van der Waals surface area contributed by atoms with Crippen molar-refractivity contribution in [3.05, 3.63) is 141 Å². The van der Waals surface area contributed by atoms with Crippen molar-refractivity contribution in [2.45, 2.75) is 71.6 Å². The summed E-state index contributed by atoms with van der Waals surface area (Å²) in [5.41, 5.74) is -5.99. The molecule has 8 rings (SSSR count). The number of hydrogen-bond donors (Lipinski definition) is 0. The predicted octanol–water partition coefficient (Wildman–Crippen LogP) is 9.11. The zero-order valence-corrected chi connectivity index (χ0v) is 35.5. The fraction of sp³-hybridized carbons (Fsp3) is 0.333. The van der Waals surface area contributed by atoms with E-state index in [1.807, 2.05) is 0 Å². The molecule has 0 unspecified atom stereocenters. The molecule has 4 aromatic carbocycles. The Bertz CT molecular complexity index is 2840. The Morgan fingerprint density at radius 3 is 1.18 bits per heavy atom. The van der Waals surface area contributed by atoms with Crippen molar-refractivity contribution in [1.29, 1.82) is 0 Å². The first-order valence-corrected chi connectivity index (χ1v) is 21.9. The van der Waals surface area contributed by atoms with Gasteiger partial charge in [-0.15, -0.1) is 0 Å². The van der Waals surface area contributed by atoms with E-state index in [0.717, 1.165) is 32.9 Å². The number of ether oxygens (including phenoxy) is 4. The second-order valence-corrected chi connectivity index (χ2v) is 19.1. The third-order valence-corrected chi connectivity index (χ3v) is 15.1. The first-order chi connectivity index (χ1) is 30.8. The Labute approximate surface area is 371 Å². The van der Waals surface area contributed by atoms with Crippen LogP contribution in [-0.4, -0.2) is 87.2 Å². The van der Waals surface area contributed by atoms with Gasteiger partial charge in [0.15, 0.2) is 0 Å². The van der Waals surface area contributed by atoms with Crippen LogP contribution in [0, 0.1) is 37.9 Å². The summed E-state index contributed by atoms with van der Waals surface area (Å²) in [5.74, 6) is -1.45. The third-order valence-electron chi connectivity index (χ3n) is 11.4. The van der Waals surface area contributed by atoms with Gasteiger partial charge >= 0.3 is 12.4 Å². The molecule has 2 spiro atoms. The van der Waals surface area contributed by atoms with Crippen LogP contribution in [0.15, 0.2) is 82.6 Å². The van der Waals surface area contributed by atoms with Crippen molar-refractivity contribution in [2.75, 3.05) is 26.2 Å². The van der Waals surface area contributed by atoms with E-state index in [4.69, 9.17) is 45.2 Å². The van der Waals surface area contributed by atoms with E-state index in [2.05, 4.69) is 19.4 Å². The number of hydrogen-bond acceptors (Lipinski definition) is 8. The Kier molecular flexibility index (Phi) is 12.1. The van der Waals surface area contributed by atoms with Gasteiger partial charge in [-0.1, -0.05) is 24.3 Å². The normalized spacial score (nSPS) is 24.9. The molecule has 0 aliphatic carbocycles. The van der Waals surface area contributed by atoms with Crippen LogP contribution in [0.2, 0.25) is 0 Å². The van der Waals surface area contributed by atoms with Crippen molar-refractivity contribution in [1.82, 2.24) is 8.61 Å². The monoisotopic (exact) mass is 962 g/mol. The standard InChI is InChI=1S/2C21H15F4N3O4S/c2*1-12-20(32-12)11-28(10-19(20)31-14-5-6-16(26-2)15(22)9-14)33(29,30)18-7-4-13(21(23,24)25)8-17(18)27-3/h2*4-9,12,19H,10-11H2,1H3/t12-,19+,20+;12-,19-,20+/m10/s1. The molecule has 0 bridgehead atoms. The SMILES string of the molecule is [C-]#[N+]c1ccc(O[C@H]2CN(S(=O)(=O)c3ccc(C(F)(F)F)cc3[N+]#[C-])C[C@@]23O[C@@H]3C)cc1F.[C-]#[N+]c1ccc(O[C@H]2CN(S(=O)(=O)c3ccc(C(F)(F)F)cc3[N+]#[C-])C[C@]23O[C@H]3C)cc1F. The highest BCUT2D eigenvalue weighted by atomic mass is 32.2. The summed E-state index contributed by atoms with van der Waals surface area (Å²) in [7, 11) is -8.73. The van der Waals surface area contributed by atoms with Crippen molar-refractivity contribution in [3.63, 3.8) is 0 Å². The number of benzene rings is 4. The van der Waals surface area contributed by atoms with Crippen molar-refractivity contribution in [2.24, 2.45) is 0 Å². The Morgan fingerprint density at radius 1 is 0.576 bits per heavy atom. The van der Waals surface area contributed by atoms with E-state index in [9.17, 15) is 52.0 Å². The lowest BCUT2D eigenvalue weighted by Gasteiger charge is -2.19. The van der Waals surface area contributed by atoms with Crippen LogP contribution in [0.5, 0.6) is 11.5 Å². The van der Waals surface area contributed by atoms with Gasteiger partial charge in [-0.05, 0) is 50.2 Å². The molecule has 0 saturated carbocycles. The highest BCUT2D eigenvalue weighted by Crippen LogP contribution is 2.50. The maximum Gasteiger partial charge on any atom is 0.415 e. The van der Waals surface area contributed by atoms with Gasteiger partial charge in [0.25, 0.3) is 0 Å². The van der Waals surface area contributed by atoms with Gasteiger partial charge in [-0.25, -0.2) is 45.0 Å². The van der Waals surface area contributed by atoms with Crippen molar-refractivity contribution < 1.29 is 70.9 Å². The van der Waals surface area contributed by atoms with Crippen LogP contribution in [0.4, 0.5) is 57.9 Å². The van der Waals surface area contributed by atoms with Gasteiger partial charge in [0, 0.05) is 36.3 Å². The smallest absolute Gasteiger partial charge is 0.415 e. The van der Waals surface area contributed by atoms with E-state index in [-0.39, 0.29) is 61.3 Å². The van der Waals surface area contributed by atoms with Gasteiger partial charge < -0.3 is 18.9 Å². The molecule has 4 heterocycles. The molecule has 4 fully saturated rings. The fourth-order valence-electron chi connectivity index (χ4n) is 7.71. The quantitative estimate of drug-likeness (QED) is 0.0970. The third kappa shape index (κ3) is 8.71. The van der Waals surface area contributed by atoms with Gasteiger partial charge in [0.05, 0.1) is 61.4 Å². The van der Waals surface area contributed by atoms with Gasteiger partial charge in [0.1, 0.15) is 46.5 Å². The summed E-state index contributed by atoms with van der Waals surface area (Å²) in [6, 6.07) is 11.0.